The molecule has 0 saturated carbocycles. The summed E-state index contributed by atoms with van der Waals surface area (Å²) in [7, 11) is 0. The number of hydrogen-bond acceptors (Lipinski definition) is 3. The molecular formula is C10H9ClF3NO2. The molecule has 1 rings (SSSR count). The van der Waals surface area contributed by atoms with Gasteiger partial charge in [-0.1, -0.05) is 11.6 Å². The standard InChI is InChI=1S/C10H9ClF3NO2/c1-2-17-6(16)3-5-4-15-10(14)7(8(5)11)9(12)13/h4,9H,2-3H2,1H3. The summed E-state index contributed by atoms with van der Waals surface area (Å²) >= 11 is 5.59. The molecule has 0 aliphatic heterocycles. The number of nitrogens with zero attached hydrogens (tertiary/aromatic N) is 1. The van der Waals surface area contributed by atoms with E-state index in [4.69, 9.17) is 11.6 Å². The van der Waals surface area contributed by atoms with Gasteiger partial charge in [0.25, 0.3) is 6.43 Å². The van der Waals surface area contributed by atoms with Crippen molar-refractivity contribution in [3.63, 3.8) is 0 Å². The molecule has 17 heavy (non-hydrogen) atoms. The molecule has 0 unspecified atom stereocenters. The fourth-order valence-electron chi connectivity index (χ4n) is 1.20. The topological polar surface area (TPSA) is 39.2 Å². The zero-order valence-corrected chi connectivity index (χ0v) is 9.60. The van der Waals surface area contributed by atoms with Crippen LogP contribution in [0.2, 0.25) is 5.02 Å². The van der Waals surface area contributed by atoms with E-state index >= 15 is 0 Å². The van der Waals surface area contributed by atoms with Gasteiger partial charge in [0.2, 0.25) is 5.95 Å². The predicted octanol–water partition coefficient (Wildman–Crippen LogP) is 2.92. The minimum Gasteiger partial charge on any atom is -0.466 e. The Balaban J connectivity index is 3.02. The van der Waals surface area contributed by atoms with Gasteiger partial charge in [0, 0.05) is 11.8 Å². The van der Waals surface area contributed by atoms with E-state index in [-0.39, 0.29) is 18.6 Å². The molecule has 0 fully saturated rings. The third-order valence-electron chi connectivity index (χ3n) is 1.93. The Kier molecular flexibility index (Phi) is 4.74. The first-order valence-corrected chi connectivity index (χ1v) is 5.11. The summed E-state index contributed by atoms with van der Waals surface area (Å²) in [4.78, 5) is 14.3. The van der Waals surface area contributed by atoms with Crippen molar-refractivity contribution in [2.75, 3.05) is 6.61 Å². The number of carbonyl (C=O) groups excluding carboxylic acids is 1. The summed E-state index contributed by atoms with van der Waals surface area (Å²) in [6, 6.07) is 0. The van der Waals surface area contributed by atoms with Crippen molar-refractivity contribution in [1.82, 2.24) is 4.98 Å². The average Bonchev–Trinajstić information content (AvgIpc) is 2.22. The number of aromatic nitrogens is 1. The van der Waals surface area contributed by atoms with Crippen LogP contribution in [0.25, 0.3) is 0 Å². The number of carbonyl (C=O) groups is 1. The highest BCUT2D eigenvalue weighted by Crippen LogP contribution is 2.31. The van der Waals surface area contributed by atoms with Gasteiger partial charge in [0.1, 0.15) is 0 Å². The van der Waals surface area contributed by atoms with Crippen LogP contribution in [0.15, 0.2) is 6.20 Å². The van der Waals surface area contributed by atoms with Crippen molar-refractivity contribution in [3.8, 4) is 0 Å². The molecule has 0 radical (unpaired) electrons. The van der Waals surface area contributed by atoms with E-state index in [1.807, 2.05) is 0 Å². The van der Waals surface area contributed by atoms with Gasteiger partial charge in [-0.05, 0) is 6.92 Å². The fourth-order valence-corrected chi connectivity index (χ4v) is 1.48. The second kappa shape index (κ2) is 5.86. The highest BCUT2D eigenvalue weighted by atomic mass is 35.5. The zero-order valence-electron chi connectivity index (χ0n) is 8.84. The summed E-state index contributed by atoms with van der Waals surface area (Å²) < 4.78 is 42.5. The van der Waals surface area contributed by atoms with Crippen molar-refractivity contribution in [2.24, 2.45) is 0 Å². The Hall–Kier alpha value is -1.30. The van der Waals surface area contributed by atoms with Crippen molar-refractivity contribution >= 4 is 17.6 Å². The van der Waals surface area contributed by atoms with Crippen LogP contribution in [0.5, 0.6) is 0 Å². The number of halogens is 4. The molecule has 0 aliphatic rings. The van der Waals surface area contributed by atoms with E-state index in [1.165, 1.54) is 0 Å². The number of rotatable bonds is 4. The SMILES string of the molecule is CCOC(=O)Cc1cnc(F)c(C(F)F)c1Cl. The first-order chi connectivity index (χ1) is 7.97. The highest BCUT2D eigenvalue weighted by Gasteiger charge is 2.22. The molecule has 94 valence electrons. The first-order valence-electron chi connectivity index (χ1n) is 4.73. The third-order valence-corrected chi connectivity index (χ3v) is 2.38. The molecule has 7 heteroatoms. The van der Waals surface area contributed by atoms with Crippen LogP contribution in [0.4, 0.5) is 13.2 Å². The molecule has 0 N–H and O–H groups in total. The number of esters is 1. The number of hydrogen-bond donors (Lipinski definition) is 0. The Morgan fingerprint density at radius 2 is 2.24 bits per heavy atom. The maximum Gasteiger partial charge on any atom is 0.310 e. The smallest absolute Gasteiger partial charge is 0.310 e. The lowest BCUT2D eigenvalue weighted by atomic mass is 10.1. The van der Waals surface area contributed by atoms with Crippen LogP contribution < -0.4 is 0 Å². The van der Waals surface area contributed by atoms with Crippen molar-refractivity contribution < 1.29 is 22.7 Å². The molecular weight excluding hydrogens is 259 g/mol. The van der Waals surface area contributed by atoms with Crippen LogP contribution in [-0.2, 0) is 16.0 Å². The zero-order chi connectivity index (χ0) is 13.0. The lowest BCUT2D eigenvalue weighted by Crippen LogP contribution is -2.10. The van der Waals surface area contributed by atoms with Gasteiger partial charge in [-0.2, -0.15) is 4.39 Å². The van der Waals surface area contributed by atoms with Gasteiger partial charge < -0.3 is 4.74 Å². The number of alkyl halides is 2. The maximum atomic E-state index is 13.0. The molecule has 1 aromatic rings. The van der Waals surface area contributed by atoms with E-state index in [1.54, 1.807) is 6.92 Å². The molecule has 0 spiro atoms. The molecule has 0 saturated heterocycles. The predicted molar refractivity (Wildman–Crippen MR) is 54.5 cm³/mol. The van der Waals surface area contributed by atoms with E-state index in [2.05, 4.69) is 9.72 Å². The third kappa shape index (κ3) is 3.33. The van der Waals surface area contributed by atoms with Gasteiger partial charge in [-0.25, -0.2) is 13.8 Å². The molecule has 1 aromatic heterocycles. The van der Waals surface area contributed by atoms with E-state index < -0.39 is 28.9 Å². The first kappa shape index (κ1) is 13.8. The molecule has 0 amide bonds. The summed E-state index contributed by atoms with van der Waals surface area (Å²) in [5.74, 6) is -1.97. The van der Waals surface area contributed by atoms with Crippen LogP contribution in [0.1, 0.15) is 24.5 Å². The van der Waals surface area contributed by atoms with Gasteiger partial charge in [0.05, 0.1) is 23.6 Å². The minimum absolute atomic E-state index is 0.0156. The highest BCUT2D eigenvalue weighted by molar-refractivity contribution is 6.32. The molecule has 0 bridgehead atoms. The Morgan fingerprint density at radius 3 is 2.76 bits per heavy atom. The second-order valence-electron chi connectivity index (χ2n) is 3.08. The van der Waals surface area contributed by atoms with Crippen LogP contribution in [0.3, 0.4) is 0 Å². The van der Waals surface area contributed by atoms with Gasteiger partial charge in [-0.3, -0.25) is 4.79 Å². The Bertz CT molecular complexity index is 426. The van der Waals surface area contributed by atoms with E-state index in [0.717, 1.165) is 6.20 Å². The molecule has 0 aliphatic carbocycles. The minimum atomic E-state index is -3.09. The average molecular weight is 268 g/mol. The largest absolute Gasteiger partial charge is 0.466 e. The van der Waals surface area contributed by atoms with Gasteiger partial charge >= 0.3 is 5.97 Å². The normalized spacial score (nSPS) is 10.7. The summed E-state index contributed by atoms with van der Waals surface area (Å²) in [6.45, 7) is 1.76. The molecule has 1 heterocycles. The molecule has 0 aromatic carbocycles. The lowest BCUT2D eigenvalue weighted by molar-refractivity contribution is -0.142. The van der Waals surface area contributed by atoms with Crippen molar-refractivity contribution in [3.05, 3.63) is 28.3 Å². The van der Waals surface area contributed by atoms with Crippen LogP contribution in [-0.4, -0.2) is 17.6 Å². The second-order valence-corrected chi connectivity index (χ2v) is 3.46. The quantitative estimate of drug-likeness (QED) is 0.622. The monoisotopic (exact) mass is 267 g/mol. The van der Waals surface area contributed by atoms with E-state index in [0.29, 0.717) is 0 Å². The van der Waals surface area contributed by atoms with Gasteiger partial charge in [-0.15, -0.1) is 0 Å². The molecule has 3 nitrogen and oxygen atoms in total. The Labute approximate surface area is 101 Å². The Morgan fingerprint density at radius 1 is 1.59 bits per heavy atom. The summed E-state index contributed by atoms with van der Waals surface area (Å²) in [5.41, 5.74) is -0.977. The maximum absolute atomic E-state index is 13.0. The van der Waals surface area contributed by atoms with E-state index in [9.17, 15) is 18.0 Å². The van der Waals surface area contributed by atoms with Crippen molar-refractivity contribution in [2.45, 2.75) is 19.8 Å². The number of pyridine rings is 1. The summed E-state index contributed by atoms with van der Waals surface area (Å²) in [6.07, 6.45) is -2.46. The molecule has 0 atom stereocenters. The van der Waals surface area contributed by atoms with Crippen LogP contribution in [0, 0.1) is 5.95 Å². The van der Waals surface area contributed by atoms with Crippen LogP contribution >= 0.6 is 11.6 Å². The number of ether oxygens (including phenoxy) is 1. The summed E-state index contributed by atoms with van der Waals surface area (Å²) in [5, 5.41) is -0.486. The van der Waals surface area contributed by atoms with Gasteiger partial charge in [0.15, 0.2) is 0 Å². The lowest BCUT2D eigenvalue weighted by Gasteiger charge is -2.08. The van der Waals surface area contributed by atoms with Crippen molar-refractivity contribution in [1.29, 1.82) is 0 Å². The fraction of sp³-hybridized carbons (Fsp3) is 0.400.